The van der Waals surface area contributed by atoms with Crippen LogP contribution < -0.4 is 10.6 Å². The number of carbonyl (C=O) groups is 1. The van der Waals surface area contributed by atoms with Gasteiger partial charge in [-0.15, -0.1) is 5.10 Å². The normalized spacial score (nSPS) is 10.3. The van der Waals surface area contributed by atoms with Crippen LogP contribution in [0.5, 0.6) is 0 Å². The largest absolute Gasteiger partial charge is 0.465 e. The Morgan fingerprint density at radius 1 is 1.19 bits per heavy atom. The van der Waals surface area contributed by atoms with Crippen LogP contribution in [0, 0.1) is 6.92 Å². The van der Waals surface area contributed by atoms with Gasteiger partial charge in [0.1, 0.15) is 0 Å². The van der Waals surface area contributed by atoms with Crippen LogP contribution in [0.25, 0.3) is 0 Å². The molecule has 3 aromatic rings. The molecule has 0 aliphatic rings. The van der Waals surface area contributed by atoms with E-state index in [1.807, 2.05) is 31.2 Å². The first-order valence-electron chi connectivity index (χ1n) is 8.19. The van der Waals surface area contributed by atoms with Crippen LogP contribution in [-0.2, 0) is 11.3 Å². The Hall–Kier alpha value is -3.19. The number of rotatable bonds is 6. The Morgan fingerprint density at radius 3 is 2.70 bits per heavy atom. The van der Waals surface area contributed by atoms with Crippen molar-refractivity contribution in [3.63, 3.8) is 0 Å². The van der Waals surface area contributed by atoms with Crippen molar-refractivity contribution in [2.45, 2.75) is 13.5 Å². The van der Waals surface area contributed by atoms with E-state index < -0.39 is 5.97 Å². The van der Waals surface area contributed by atoms with E-state index in [9.17, 15) is 4.79 Å². The molecule has 0 saturated carbocycles. The zero-order valence-corrected chi connectivity index (χ0v) is 15.6. The minimum absolute atomic E-state index is 0.376. The third-order valence-electron chi connectivity index (χ3n) is 3.78. The number of nitrogens with one attached hydrogen (secondary N) is 2. The predicted octanol–water partition coefficient (Wildman–Crippen LogP) is 3.98. The molecule has 0 spiro atoms. The van der Waals surface area contributed by atoms with Crippen LogP contribution in [0.15, 0.2) is 48.7 Å². The minimum atomic E-state index is -0.448. The lowest BCUT2D eigenvalue weighted by Crippen LogP contribution is -2.07. The molecule has 0 radical (unpaired) electrons. The molecular weight excluding hydrogens is 366 g/mol. The Labute approximate surface area is 161 Å². The van der Waals surface area contributed by atoms with Crippen LogP contribution in [0.3, 0.4) is 0 Å². The number of anilines is 3. The first-order chi connectivity index (χ1) is 13.0. The summed E-state index contributed by atoms with van der Waals surface area (Å²) in [5.74, 6) is 0.372. The molecule has 0 bridgehead atoms. The summed E-state index contributed by atoms with van der Waals surface area (Å²) in [6, 6.07) is 13.0. The van der Waals surface area contributed by atoms with Crippen LogP contribution in [0.2, 0.25) is 5.02 Å². The summed E-state index contributed by atoms with van der Waals surface area (Å²) in [5, 5.41) is 14.5. The van der Waals surface area contributed by atoms with E-state index >= 15 is 0 Å². The fourth-order valence-corrected chi connectivity index (χ4v) is 2.49. The number of hydrogen-bond acceptors (Lipinski definition) is 7. The summed E-state index contributed by atoms with van der Waals surface area (Å²) < 4.78 is 4.72. The van der Waals surface area contributed by atoms with Gasteiger partial charge in [-0.05, 0) is 30.7 Å². The average molecular weight is 384 g/mol. The zero-order valence-electron chi connectivity index (χ0n) is 14.9. The molecule has 8 heteroatoms. The van der Waals surface area contributed by atoms with Crippen molar-refractivity contribution < 1.29 is 9.53 Å². The van der Waals surface area contributed by atoms with Crippen molar-refractivity contribution in [2.75, 3.05) is 17.7 Å². The lowest BCUT2D eigenvalue weighted by molar-refractivity contribution is 0.0601. The molecule has 0 atom stereocenters. The lowest BCUT2D eigenvalue weighted by atomic mass is 10.1. The second kappa shape index (κ2) is 8.46. The molecule has 27 heavy (non-hydrogen) atoms. The van der Waals surface area contributed by atoms with Gasteiger partial charge in [0.05, 0.1) is 29.6 Å². The van der Waals surface area contributed by atoms with E-state index in [1.54, 1.807) is 18.2 Å². The standard InChI is InChI=1S/C19H18ClN5O2/c1-12-3-5-13(6-4-12)10-21-19-24-17(11-22-25-19)23-16-9-14(18(26)27-2)7-8-15(16)20/h3-9,11H,10H2,1-2H3,(H2,21,23,24,25). The van der Waals surface area contributed by atoms with E-state index in [-0.39, 0.29) is 0 Å². The molecule has 2 aromatic carbocycles. The maximum atomic E-state index is 11.7. The van der Waals surface area contributed by atoms with Gasteiger partial charge in [0.25, 0.3) is 0 Å². The Balaban J connectivity index is 1.72. The number of nitrogens with zero attached hydrogens (tertiary/aromatic N) is 3. The van der Waals surface area contributed by atoms with Gasteiger partial charge in [-0.2, -0.15) is 10.1 Å². The van der Waals surface area contributed by atoms with Gasteiger partial charge in [0, 0.05) is 6.54 Å². The highest BCUT2D eigenvalue weighted by Crippen LogP contribution is 2.26. The van der Waals surface area contributed by atoms with Crippen LogP contribution in [0.4, 0.5) is 17.5 Å². The first-order valence-corrected chi connectivity index (χ1v) is 8.57. The van der Waals surface area contributed by atoms with Crippen molar-refractivity contribution in [3.05, 3.63) is 70.4 Å². The van der Waals surface area contributed by atoms with Crippen LogP contribution in [-0.4, -0.2) is 28.3 Å². The number of methoxy groups -OCH3 is 1. The Kier molecular flexibility index (Phi) is 5.83. The van der Waals surface area contributed by atoms with E-state index in [4.69, 9.17) is 16.3 Å². The molecule has 0 aliphatic carbocycles. The summed E-state index contributed by atoms with van der Waals surface area (Å²) in [6.07, 6.45) is 1.47. The third kappa shape index (κ3) is 4.92. The molecule has 0 fully saturated rings. The summed E-state index contributed by atoms with van der Waals surface area (Å²) in [4.78, 5) is 16.0. The summed E-state index contributed by atoms with van der Waals surface area (Å²) in [7, 11) is 1.32. The van der Waals surface area contributed by atoms with E-state index in [0.29, 0.717) is 34.6 Å². The van der Waals surface area contributed by atoms with Crippen molar-refractivity contribution >= 4 is 35.0 Å². The van der Waals surface area contributed by atoms with Gasteiger partial charge < -0.3 is 15.4 Å². The van der Waals surface area contributed by atoms with Gasteiger partial charge >= 0.3 is 5.97 Å². The number of benzene rings is 2. The Morgan fingerprint density at radius 2 is 1.96 bits per heavy atom. The third-order valence-corrected chi connectivity index (χ3v) is 4.11. The van der Waals surface area contributed by atoms with Crippen molar-refractivity contribution in [2.24, 2.45) is 0 Å². The monoisotopic (exact) mass is 383 g/mol. The number of aromatic nitrogens is 3. The van der Waals surface area contributed by atoms with Crippen molar-refractivity contribution in [3.8, 4) is 0 Å². The maximum absolute atomic E-state index is 11.7. The highest BCUT2D eigenvalue weighted by molar-refractivity contribution is 6.33. The van der Waals surface area contributed by atoms with E-state index in [1.165, 1.54) is 18.9 Å². The quantitative estimate of drug-likeness (QED) is 0.622. The average Bonchev–Trinajstić information content (AvgIpc) is 2.69. The fourth-order valence-electron chi connectivity index (χ4n) is 2.33. The second-order valence-corrected chi connectivity index (χ2v) is 6.22. The van der Waals surface area contributed by atoms with Gasteiger partial charge in [0.2, 0.25) is 5.95 Å². The highest BCUT2D eigenvalue weighted by atomic mass is 35.5. The molecule has 3 rings (SSSR count). The number of aryl methyl sites for hydroxylation is 1. The SMILES string of the molecule is COC(=O)c1ccc(Cl)c(Nc2cnnc(NCc3ccc(C)cc3)n2)c1. The molecule has 1 aromatic heterocycles. The minimum Gasteiger partial charge on any atom is -0.465 e. The molecule has 0 saturated heterocycles. The van der Waals surface area contributed by atoms with Crippen molar-refractivity contribution in [1.82, 2.24) is 15.2 Å². The summed E-state index contributed by atoms with van der Waals surface area (Å²) in [6.45, 7) is 2.61. The van der Waals surface area contributed by atoms with Gasteiger partial charge in [-0.25, -0.2) is 4.79 Å². The summed E-state index contributed by atoms with van der Waals surface area (Å²) >= 11 is 6.19. The number of halogens is 1. The highest BCUT2D eigenvalue weighted by Gasteiger charge is 2.10. The molecule has 0 aliphatic heterocycles. The first kappa shape index (κ1) is 18.6. The van der Waals surface area contributed by atoms with Crippen LogP contribution >= 0.6 is 11.6 Å². The van der Waals surface area contributed by atoms with Gasteiger partial charge in [0.15, 0.2) is 5.82 Å². The molecule has 0 unspecified atom stereocenters. The number of hydrogen-bond donors (Lipinski definition) is 2. The second-order valence-electron chi connectivity index (χ2n) is 5.82. The number of ether oxygens (including phenoxy) is 1. The lowest BCUT2D eigenvalue weighted by Gasteiger charge is -2.10. The molecule has 138 valence electrons. The zero-order chi connectivity index (χ0) is 19.2. The smallest absolute Gasteiger partial charge is 0.337 e. The molecular formula is C19H18ClN5O2. The topological polar surface area (TPSA) is 89.0 Å². The molecule has 1 heterocycles. The number of carbonyl (C=O) groups excluding carboxylic acids is 1. The predicted molar refractivity (Wildman–Crippen MR) is 104 cm³/mol. The van der Waals surface area contributed by atoms with Gasteiger partial charge in [-0.3, -0.25) is 0 Å². The Bertz CT molecular complexity index is 947. The number of esters is 1. The molecule has 2 N–H and O–H groups in total. The van der Waals surface area contributed by atoms with Crippen LogP contribution in [0.1, 0.15) is 21.5 Å². The summed E-state index contributed by atoms with van der Waals surface area (Å²) in [5.41, 5.74) is 3.21. The van der Waals surface area contributed by atoms with E-state index in [0.717, 1.165) is 5.56 Å². The molecule has 7 nitrogen and oxygen atoms in total. The van der Waals surface area contributed by atoms with Gasteiger partial charge in [-0.1, -0.05) is 41.4 Å². The maximum Gasteiger partial charge on any atom is 0.337 e. The fraction of sp³-hybridized carbons (Fsp3) is 0.158. The van der Waals surface area contributed by atoms with Crippen molar-refractivity contribution in [1.29, 1.82) is 0 Å². The van der Waals surface area contributed by atoms with E-state index in [2.05, 4.69) is 25.8 Å². The molecule has 0 amide bonds.